The zero-order chi connectivity index (χ0) is 14.8. The van der Waals surface area contributed by atoms with E-state index in [1.54, 1.807) is 23.1 Å². The Bertz CT molecular complexity index is 686. The van der Waals surface area contributed by atoms with Gasteiger partial charge < -0.3 is 4.90 Å². The Kier molecular flexibility index (Phi) is 4.06. The van der Waals surface area contributed by atoms with Crippen LogP contribution in [0.25, 0.3) is 0 Å². The van der Waals surface area contributed by atoms with Crippen molar-refractivity contribution in [3.05, 3.63) is 69.4 Å². The Hall–Kier alpha value is -1.68. The van der Waals surface area contributed by atoms with Crippen LogP contribution in [0.4, 0.5) is 4.39 Å². The Morgan fingerprint density at radius 3 is 2.67 bits per heavy atom. The smallest absolute Gasteiger partial charge is 0.257 e. The SMILES string of the molecule is O=C(c1cccc(Br)c1F)N1CCCc2ccccc2C1. The van der Waals surface area contributed by atoms with Crippen LogP contribution in [0.15, 0.2) is 46.9 Å². The second-order valence-electron chi connectivity index (χ2n) is 5.20. The normalized spacial score (nSPS) is 14.5. The molecule has 0 radical (unpaired) electrons. The topological polar surface area (TPSA) is 20.3 Å². The molecule has 2 nitrogen and oxygen atoms in total. The molecule has 1 heterocycles. The summed E-state index contributed by atoms with van der Waals surface area (Å²) < 4.78 is 14.4. The van der Waals surface area contributed by atoms with Gasteiger partial charge in [-0.1, -0.05) is 30.3 Å². The van der Waals surface area contributed by atoms with Crippen molar-refractivity contribution in [3.8, 4) is 0 Å². The molecule has 0 unspecified atom stereocenters. The van der Waals surface area contributed by atoms with Crippen molar-refractivity contribution in [1.29, 1.82) is 0 Å². The highest BCUT2D eigenvalue weighted by atomic mass is 79.9. The summed E-state index contributed by atoms with van der Waals surface area (Å²) in [5.41, 5.74) is 2.56. The number of amides is 1. The summed E-state index contributed by atoms with van der Waals surface area (Å²) in [6.07, 6.45) is 1.86. The average Bonchev–Trinajstić information content (AvgIpc) is 2.71. The molecule has 0 saturated carbocycles. The van der Waals surface area contributed by atoms with Crippen LogP contribution in [0, 0.1) is 5.82 Å². The highest BCUT2D eigenvalue weighted by Crippen LogP contribution is 2.23. The minimum absolute atomic E-state index is 0.128. The zero-order valence-electron chi connectivity index (χ0n) is 11.5. The van der Waals surface area contributed by atoms with E-state index >= 15 is 0 Å². The Labute approximate surface area is 131 Å². The monoisotopic (exact) mass is 347 g/mol. The molecule has 2 aromatic carbocycles. The lowest BCUT2D eigenvalue weighted by Gasteiger charge is -2.21. The third-order valence-electron chi connectivity index (χ3n) is 3.82. The van der Waals surface area contributed by atoms with Gasteiger partial charge in [0.1, 0.15) is 5.82 Å². The molecule has 1 aliphatic rings. The average molecular weight is 348 g/mol. The highest BCUT2D eigenvalue weighted by Gasteiger charge is 2.23. The Morgan fingerprint density at radius 2 is 1.86 bits per heavy atom. The van der Waals surface area contributed by atoms with E-state index in [2.05, 4.69) is 22.0 Å². The quantitative estimate of drug-likeness (QED) is 0.757. The molecule has 0 atom stereocenters. The molecular formula is C17H15BrFNO. The Morgan fingerprint density at radius 1 is 1.10 bits per heavy atom. The lowest BCUT2D eigenvalue weighted by molar-refractivity contribution is 0.0741. The van der Waals surface area contributed by atoms with Crippen molar-refractivity contribution >= 4 is 21.8 Å². The summed E-state index contributed by atoms with van der Waals surface area (Å²) in [4.78, 5) is 14.3. The maximum Gasteiger partial charge on any atom is 0.257 e. The predicted molar refractivity (Wildman–Crippen MR) is 83.6 cm³/mol. The van der Waals surface area contributed by atoms with Gasteiger partial charge in [-0.25, -0.2) is 4.39 Å². The van der Waals surface area contributed by atoms with E-state index in [-0.39, 0.29) is 11.5 Å². The summed E-state index contributed by atoms with van der Waals surface area (Å²) >= 11 is 3.13. The minimum Gasteiger partial charge on any atom is -0.334 e. The molecule has 0 saturated heterocycles. The van der Waals surface area contributed by atoms with Gasteiger partial charge in [0.15, 0.2) is 0 Å². The molecule has 4 heteroatoms. The second-order valence-corrected chi connectivity index (χ2v) is 6.05. The fraction of sp³-hybridized carbons (Fsp3) is 0.235. The number of aryl methyl sites for hydroxylation is 1. The first-order valence-electron chi connectivity index (χ1n) is 6.97. The van der Waals surface area contributed by atoms with Gasteiger partial charge in [-0.05, 0) is 52.0 Å². The van der Waals surface area contributed by atoms with E-state index in [1.165, 1.54) is 5.56 Å². The van der Waals surface area contributed by atoms with Gasteiger partial charge in [-0.15, -0.1) is 0 Å². The standard InChI is InChI=1S/C17H15BrFNO/c18-15-9-3-8-14(16(15)19)17(21)20-10-4-7-12-5-1-2-6-13(12)11-20/h1-3,5-6,8-9H,4,7,10-11H2. The van der Waals surface area contributed by atoms with E-state index < -0.39 is 5.82 Å². The number of hydrogen-bond acceptors (Lipinski definition) is 1. The van der Waals surface area contributed by atoms with Gasteiger partial charge in [0.05, 0.1) is 10.0 Å². The zero-order valence-corrected chi connectivity index (χ0v) is 13.1. The van der Waals surface area contributed by atoms with Gasteiger partial charge in [-0.2, -0.15) is 0 Å². The van der Waals surface area contributed by atoms with Gasteiger partial charge in [-0.3, -0.25) is 4.79 Å². The van der Waals surface area contributed by atoms with Crippen molar-refractivity contribution < 1.29 is 9.18 Å². The van der Waals surface area contributed by atoms with Crippen molar-refractivity contribution in [3.63, 3.8) is 0 Å². The highest BCUT2D eigenvalue weighted by molar-refractivity contribution is 9.10. The van der Waals surface area contributed by atoms with E-state index in [0.29, 0.717) is 17.6 Å². The molecule has 0 fully saturated rings. The number of hydrogen-bond donors (Lipinski definition) is 0. The number of fused-ring (bicyclic) bond motifs is 1. The molecule has 0 bridgehead atoms. The van der Waals surface area contributed by atoms with E-state index in [4.69, 9.17) is 0 Å². The number of nitrogens with zero attached hydrogens (tertiary/aromatic N) is 1. The first-order valence-corrected chi connectivity index (χ1v) is 7.76. The van der Waals surface area contributed by atoms with Crippen LogP contribution in [-0.4, -0.2) is 17.4 Å². The third-order valence-corrected chi connectivity index (χ3v) is 4.44. The number of halogens is 2. The number of benzene rings is 2. The molecule has 1 aliphatic heterocycles. The molecule has 0 aromatic heterocycles. The first kappa shape index (κ1) is 14.3. The van der Waals surface area contributed by atoms with Crippen molar-refractivity contribution in [2.24, 2.45) is 0 Å². The van der Waals surface area contributed by atoms with Crippen LogP contribution in [0.3, 0.4) is 0 Å². The van der Waals surface area contributed by atoms with Crippen molar-refractivity contribution in [2.75, 3.05) is 6.54 Å². The number of carbonyl (C=O) groups excluding carboxylic acids is 1. The van der Waals surface area contributed by atoms with Crippen LogP contribution in [0.5, 0.6) is 0 Å². The lowest BCUT2D eigenvalue weighted by Crippen LogP contribution is -2.31. The Balaban J connectivity index is 1.90. The second kappa shape index (κ2) is 5.98. The largest absolute Gasteiger partial charge is 0.334 e. The van der Waals surface area contributed by atoms with Gasteiger partial charge in [0, 0.05) is 13.1 Å². The van der Waals surface area contributed by atoms with E-state index in [0.717, 1.165) is 18.4 Å². The van der Waals surface area contributed by atoms with Crippen molar-refractivity contribution in [1.82, 2.24) is 4.90 Å². The van der Waals surface area contributed by atoms with Crippen molar-refractivity contribution in [2.45, 2.75) is 19.4 Å². The fourth-order valence-corrected chi connectivity index (χ4v) is 3.08. The summed E-state index contributed by atoms with van der Waals surface area (Å²) in [5.74, 6) is -0.731. The van der Waals surface area contributed by atoms with Crippen LogP contribution in [0.2, 0.25) is 0 Å². The molecule has 2 aromatic rings. The molecule has 0 aliphatic carbocycles. The summed E-state index contributed by atoms with van der Waals surface area (Å²) in [6, 6.07) is 13.0. The van der Waals surface area contributed by atoms with E-state index in [9.17, 15) is 9.18 Å². The maximum absolute atomic E-state index is 14.1. The summed E-state index contributed by atoms with van der Waals surface area (Å²) in [6.45, 7) is 1.19. The fourth-order valence-electron chi connectivity index (χ4n) is 2.71. The molecule has 108 valence electrons. The van der Waals surface area contributed by atoms with Gasteiger partial charge in [0.25, 0.3) is 5.91 Å². The summed E-state index contributed by atoms with van der Waals surface area (Å²) in [7, 11) is 0. The molecule has 1 amide bonds. The van der Waals surface area contributed by atoms with Crippen LogP contribution >= 0.6 is 15.9 Å². The molecule has 3 rings (SSSR count). The van der Waals surface area contributed by atoms with Gasteiger partial charge in [0.2, 0.25) is 0 Å². The lowest BCUT2D eigenvalue weighted by atomic mass is 10.0. The van der Waals surface area contributed by atoms with Crippen LogP contribution < -0.4 is 0 Å². The predicted octanol–water partition coefficient (Wildman–Crippen LogP) is 4.18. The third kappa shape index (κ3) is 2.86. The molecule has 21 heavy (non-hydrogen) atoms. The van der Waals surface area contributed by atoms with Crippen LogP contribution in [0.1, 0.15) is 27.9 Å². The minimum atomic E-state index is -0.486. The van der Waals surface area contributed by atoms with Crippen LogP contribution in [-0.2, 0) is 13.0 Å². The molecule has 0 N–H and O–H groups in total. The van der Waals surface area contributed by atoms with Gasteiger partial charge >= 0.3 is 0 Å². The summed E-state index contributed by atoms with van der Waals surface area (Å²) in [5, 5.41) is 0. The molecule has 0 spiro atoms. The number of carbonyl (C=O) groups is 1. The maximum atomic E-state index is 14.1. The van der Waals surface area contributed by atoms with E-state index in [1.807, 2.05) is 18.2 Å². The molecular weight excluding hydrogens is 333 g/mol. The number of rotatable bonds is 1. The first-order chi connectivity index (χ1) is 10.2.